The van der Waals surface area contributed by atoms with Crippen molar-refractivity contribution in [2.75, 3.05) is 0 Å². The molecule has 0 saturated carbocycles. The minimum absolute atomic E-state index is 0.0210. The number of aryl methyl sites for hydroxylation is 1. The Morgan fingerprint density at radius 2 is 1.56 bits per heavy atom. The van der Waals surface area contributed by atoms with Crippen LogP contribution < -0.4 is 0 Å². The summed E-state index contributed by atoms with van der Waals surface area (Å²) in [5.74, 6) is 0. The highest BCUT2D eigenvalue weighted by Crippen LogP contribution is 2.33. The molecule has 1 atom stereocenters. The van der Waals surface area contributed by atoms with Crippen LogP contribution in [0.4, 0.5) is 0 Å². The predicted molar refractivity (Wildman–Crippen MR) is 69.7 cm³/mol. The number of hydrogen-bond donors (Lipinski definition) is 1. The van der Waals surface area contributed by atoms with Crippen molar-refractivity contribution in [3.8, 4) is 0 Å². The van der Waals surface area contributed by atoms with E-state index in [1.54, 1.807) is 0 Å². The molecule has 0 fully saturated rings. The topological polar surface area (TPSA) is 20.2 Å². The van der Waals surface area contributed by atoms with E-state index in [1.807, 2.05) is 13.8 Å². The molecule has 0 aromatic heterocycles. The van der Waals surface area contributed by atoms with Gasteiger partial charge in [0.05, 0.1) is 5.60 Å². The highest BCUT2D eigenvalue weighted by Gasteiger charge is 2.30. The average Bonchev–Trinajstić information content (AvgIpc) is 2.17. The lowest BCUT2D eigenvalue weighted by atomic mass is 9.75. The molecule has 0 radical (unpaired) electrons. The van der Waals surface area contributed by atoms with Gasteiger partial charge in [0, 0.05) is 0 Å². The highest BCUT2D eigenvalue weighted by molar-refractivity contribution is 5.27. The van der Waals surface area contributed by atoms with Gasteiger partial charge in [-0.2, -0.15) is 0 Å². The molecule has 0 saturated heterocycles. The zero-order valence-corrected chi connectivity index (χ0v) is 11.2. The maximum atomic E-state index is 10.2. The van der Waals surface area contributed by atoms with E-state index >= 15 is 0 Å². The Hall–Kier alpha value is -0.820. The van der Waals surface area contributed by atoms with Crippen LogP contribution in [0.5, 0.6) is 0 Å². The number of hydrogen-bond acceptors (Lipinski definition) is 1. The van der Waals surface area contributed by atoms with Gasteiger partial charge in [0.25, 0.3) is 0 Å². The van der Waals surface area contributed by atoms with Crippen LogP contribution in [0, 0.1) is 6.92 Å². The van der Waals surface area contributed by atoms with Crippen LogP contribution in [0.15, 0.2) is 24.3 Å². The Morgan fingerprint density at radius 3 is 2.00 bits per heavy atom. The summed E-state index contributed by atoms with van der Waals surface area (Å²) in [5.41, 5.74) is 2.02. The molecule has 0 heterocycles. The minimum Gasteiger partial charge on any atom is -0.390 e. The predicted octanol–water partition coefficient (Wildman–Crippen LogP) is 3.82. The van der Waals surface area contributed by atoms with Crippen molar-refractivity contribution in [1.82, 2.24) is 0 Å². The summed E-state index contributed by atoms with van der Waals surface area (Å²) in [4.78, 5) is 0. The first kappa shape index (κ1) is 13.2. The van der Waals surface area contributed by atoms with E-state index in [-0.39, 0.29) is 5.41 Å². The Labute approximate surface area is 99.5 Å². The first-order chi connectivity index (χ1) is 7.27. The summed E-state index contributed by atoms with van der Waals surface area (Å²) in [6, 6.07) is 8.61. The van der Waals surface area contributed by atoms with Crippen molar-refractivity contribution in [3.63, 3.8) is 0 Å². The largest absolute Gasteiger partial charge is 0.390 e. The van der Waals surface area contributed by atoms with Crippen LogP contribution in [0.25, 0.3) is 0 Å². The fourth-order valence-corrected chi connectivity index (χ4v) is 2.18. The first-order valence-electron chi connectivity index (χ1n) is 6.06. The molecule has 0 aliphatic heterocycles. The van der Waals surface area contributed by atoms with E-state index in [1.165, 1.54) is 11.1 Å². The van der Waals surface area contributed by atoms with Crippen LogP contribution in [0.1, 0.15) is 51.7 Å². The molecule has 0 unspecified atom stereocenters. The maximum absolute atomic E-state index is 10.2. The molecule has 90 valence electrons. The lowest BCUT2D eigenvalue weighted by Crippen LogP contribution is -2.33. The summed E-state index contributed by atoms with van der Waals surface area (Å²) in [7, 11) is 0. The minimum atomic E-state index is -0.575. The zero-order valence-electron chi connectivity index (χ0n) is 11.2. The third kappa shape index (κ3) is 3.34. The highest BCUT2D eigenvalue weighted by atomic mass is 16.3. The summed E-state index contributed by atoms with van der Waals surface area (Å²) < 4.78 is 0. The smallest absolute Gasteiger partial charge is 0.0625 e. The van der Waals surface area contributed by atoms with Crippen LogP contribution in [0.2, 0.25) is 0 Å². The maximum Gasteiger partial charge on any atom is 0.0625 e. The molecule has 1 nitrogen and oxygen atoms in total. The Morgan fingerprint density at radius 1 is 1.06 bits per heavy atom. The molecular weight excluding hydrogens is 196 g/mol. The van der Waals surface area contributed by atoms with E-state index in [0.717, 1.165) is 12.8 Å². The van der Waals surface area contributed by atoms with Crippen molar-refractivity contribution >= 4 is 0 Å². The number of benzene rings is 1. The van der Waals surface area contributed by atoms with Gasteiger partial charge in [0.1, 0.15) is 0 Å². The van der Waals surface area contributed by atoms with E-state index in [4.69, 9.17) is 0 Å². The lowest BCUT2D eigenvalue weighted by Gasteiger charge is -2.33. The first-order valence-corrected chi connectivity index (χ1v) is 6.06. The second kappa shape index (κ2) is 4.58. The molecule has 0 amide bonds. The summed E-state index contributed by atoms with van der Waals surface area (Å²) in [6.45, 7) is 10.4. The number of aliphatic hydroxyl groups is 1. The molecule has 0 spiro atoms. The Bertz CT molecular complexity index is 333. The Kier molecular flexibility index (Phi) is 3.80. The molecule has 1 aromatic carbocycles. The molecule has 0 aliphatic carbocycles. The molecule has 0 bridgehead atoms. The van der Waals surface area contributed by atoms with Gasteiger partial charge in [-0.1, -0.05) is 50.6 Å². The Balaban J connectivity index is 2.89. The molecular formula is C15H24O. The van der Waals surface area contributed by atoms with Crippen LogP contribution >= 0.6 is 0 Å². The fraction of sp³-hybridized carbons (Fsp3) is 0.600. The van der Waals surface area contributed by atoms with Gasteiger partial charge in [-0.3, -0.25) is 0 Å². The molecule has 1 heteroatoms. The van der Waals surface area contributed by atoms with Crippen LogP contribution in [0.3, 0.4) is 0 Å². The van der Waals surface area contributed by atoms with E-state index in [9.17, 15) is 5.11 Å². The van der Waals surface area contributed by atoms with Gasteiger partial charge in [-0.05, 0) is 37.7 Å². The monoisotopic (exact) mass is 220 g/mol. The van der Waals surface area contributed by atoms with Crippen LogP contribution in [-0.4, -0.2) is 10.7 Å². The van der Waals surface area contributed by atoms with Crippen LogP contribution in [-0.2, 0) is 5.41 Å². The third-order valence-corrected chi connectivity index (χ3v) is 3.42. The average molecular weight is 220 g/mol. The third-order valence-electron chi connectivity index (χ3n) is 3.42. The molecule has 1 rings (SSSR count). The SMILES string of the molecule is CC[C@@](C)(O)CC(C)(C)c1ccc(C)cc1. The van der Waals surface area contributed by atoms with Crippen molar-refractivity contribution in [3.05, 3.63) is 35.4 Å². The summed E-state index contributed by atoms with van der Waals surface area (Å²) >= 11 is 0. The second-order valence-corrected chi connectivity index (χ2v) is 5.78. The van der Waals surface area contributed by atoms with E-state index in [0.29, 0.717) is 0 Å². The molecule has 1 N–H and O–H groups in total. The van der Waals surface area contributed by atoms with Crippen molar-refractivity contribution in [2.45, 2.75) is 58.5 Å². The second-order valence-electron chi connectivity index (χ2n) is 5.78. The molecule has 1 aromatic rings. The normalized spacial score (nSPS) is 15.9. The lowest BCUT2D eigenvalue weighted by molar-refractivity contribution is 0.0276. The van der Waals surface area contributed by atoms with Gasteiger partial charge in [0.15, 0.2) is 0 Å². The van der Waals surface area contributed by atoms with E-state index < -0.39 is 5.60 Å². The van der Waals surface area contributed by atoms with Crippen molar-refractivity contribution < 1.29 is 5.11 Å². The quantitative estimate of drug-likeness (QED) is 0.817. The van der Waals surface area contributed by atoms with Crippen molar-refractivity contribution in [1.29, 1.82) is 0 Å². The summed E-state index contributed by atoms with van der Waals surface area (Å²) in [5, 5.41) is 10.2. The van der Waals surface area contributed by atoms with Gasteiger partial charge in [-0.25, -0.2) is 0 Å². The summed E-state index contributed by atoms with van der Waals surface area (Å²) in [6.07, 6.45) is 1.59. The molecule has 16 heavy (non-hydrogen) atoms. The van der Waals surface area contributed by atoms with Gasteiger partial charge in [-0.15, -0.1) is 0 Å². The van der Waals surface area contributed by atoms with Gasteiger partial charge < -0.3 is 5.11 Å². The standard InChI is InChI=1S/C15H24O/c1-6-15(5,16)11-14(3,4)13-9-7-12(2)8-10-13/h7-10,16H,6,11H2,1-5H3/t15-/m1/s1. The molecule has 0 aliphatic rings. The fourth-order valence-electron chi connectivity index (χ4n) is 2.18. The van der Waals surface area contributed by atoms with E-state index in [2.05, 4.69) is 45.0 Å². The zero-order chi connectivity index (χ0) is 12.4. The van der Waals surface area contributed by atoms with Crippen molar-refractivity contribution in [2.24, 2.45) is 0 Å². The van der Waals surface area contributed by atoms with Gasteiger partial charge >= 0.3 is 0 Å². The number of rotatable bonds is 4. The van der Waals surface area contributed by atoms with Gasteiger partial charge in [0.2, 0.25) is 0 Å².